The van der Waals surface area contributed by atoms with E-state index in [4.69, 9.17) is 8.83 Å². The molecule has 6 aromatic rings. The standard InChI is InChI=1S/C35H36N4O4/c1-23-17-29(38(3)36-23)21-35(22-30-18-24(2)37-39(30)4,33(40)11-7-25-6-10-31-28(19-25)14-16-42-31)34(41)12-8-26-5-9-27-13-15-43-32(27)20-26/h5-6,9-10,13-20H,7-8,11-12,21-22H2,1-4H3. The van der Waals surface area contributed by atoms with Crippen LogP contribution in [0.4, 0.5) is 0 Å². The van der Waals surface area contributed by atoms with Crippen LogP contribution in [-0.2, 0) is 49.4 Å². The predicted octanol–water partition coefficient (Wildman–Crippen LogP) is 6.44. The number of aromatic nitrogens is 4. The van der Waals surface area contributed by atoms with Gasteiger partial charge in [-0.1, -0.05) is 18.2 Å². The van der Waals surface area contributed by atoms with Crippen LogP contribution < -0.4 is 0 Å². The largest absolute Gasteiger partial charge is 0.464 e. The number of nitrogens with zero attached hydrogens (tertiary/aromatic N) is 4. The van der Waals surface area contributed by atoms with Crippen LogP contribution in [0.5, 0.6) is 0 Å². The molecule has 0 spiro atoms. The van der Waals surface area contributed by atoms with Crippen molar-refractivity contribution in [2.24, 2.45) is 19.5 Å². The number of carbonyl (C=O) groups is 2. The Kier molecular flexibility index (Phi) is 7.61. The van der Waals surface area contributed by atoms with E-state index in [0.717, 1.165) is 55.8 Å². The zero-order valence-corrected chi connectivity index (χ0v) is 25.1. The van der Waals surface area contributed by atoms with Crippen LogP contribution in [-0.4, -0.2) is 31.1 Å². The summed E-state index contributed by atoms with van der Waals surface area (Å²) < 4.78 is 14.7. The lowest BCUT2D eigenvalue weighted by molar-refractivity contribution is -0.141. The van der Waals surface area contributed by atoms with Gasteiger partial charge in [0.25, 0.3) is 0 Å². The summed E-state index contributed by atoms with van der Waals surface area (Å²) in [6.07, 6.45) is 5.37. The Morgan fingerprint density at radius 3 is 1.79 bits per heavy atom. The number of fused-ring (bicyclic) bond motifs is 2. The molecule has 4 heterocycles. The van der Waals surface area contributed by atoms with Crippen LogP contribution in [0.15, 0.2) is 82.0 Å². The van der Waals surface area contributed by atoms with E-state index in [2.05, 4.69) is 16.3 Å². The molecule has 0 amide bonds. The Hall–Kier alpha value is -4.72. The second kappa shape index (κ2) is 11.5. The second-order valence-corrected chi connectivity index (χ2v) is 11.7. The molecule has 0 fully saturated rings. The van der Waals surface area contributed by atoms with E-state index in [0.29, 0.717) is 12.8 Å². The van der Waals surface area contributed by atoms with Crippen LogP contribution in [0.1, 0.15) is 46.7 Å². The molecule has 4 aromatic heterocycles. The summed E-state index contributed by atoms with van der Waals surface area (Å²) in [6.45, 7) is 3.85. The molecule has 8 heteroatoms. The minimum Gasteiger partial charge on any atom is -0.464 e. The van der Waals surface area contributed by atoms with Gasteiger partial charge in [-0.3, -0.25) is 19.0 Å². The summed E-state index contributed by atoms with van der Waals surface area (Å²) in [4.78, 5) is 29.2. The van der Waals surface area contributed by atoms with Crippen LogP contribution in [0.2, 0.25) is 0 Å². The molecule has 0 radical (unpaired) electrons. The molecule has 0 atom stereocenters. The zero-order valence-electron chi connectivity index (χ0n) is 25.1. The molecule has 0 N–H and O–H groups in total. The lowest BCUT2D eigenvalue weighted by Gasteiger charge is -2.31. The van der Waals surface area contributed by atoms with Crippen molar-refractivity contribution in [3.8, 4) is 0 Å². The lowest BCUT2D eigenvalue weighted by Crippen LogP contribution is -2.44. The molecule has 220 valence electrons. The summed E-state index contributed by atoms with van der Waals surface area (Å²) in [5.41, 5.74) is 5.76. The van der Waals surface area contributed by atoms with Gasteiger partial charge in [0.2, 0.25) is 0 Å². The summed E-state index contributed by atoms with van der Waals surface area (Å²) in [5, 5.41) is 11.1. The Morgan fingerprint density at radius 2 is 1.21 bits per heavy atom. The molecule has 8 nitrogen and oxygen atoms in total. The molecular weight excluding hydrogens is 540 g/mol. The maximum atomic E-state index is 14.6. The maximum absolute atomic E-state index is 14.6. The molecule has 6 rings (SSSR count). The topological polar surface area (TPSA) is 96.1 Å². The normalized spacial score (nSPS) is 12.0. The number of furan rings is 2. The molecule has 2 aromatic carbocycles. The molecule has 0 aliphatic rings. The van der Waals surface area contributed by atoms with Gasteiger partial charge in [-0.05, 0) is 80.3 Å². The number of rotatable bonds is 12. The monoisotopic (exact) mass is 576 g/mol. The maximum Gasteiger partial charge on any atom is 0.147 e. The van der Waals surface area contributed by atoms with Crippen molar-refractivity contribution >= 4 is 33.5 Å². The first kappa shape index (κ1) is 28.4. The quantitative estimate of drug-likeness (QED) is 0.156. The summed E-state index contributed by atoms with van der Waals surface area (Å²) >= 11 is 0. The highest BCUT2D eigenvalue weighted by Gasteiger charge is 2.45. The SMILES string of the molecule is Cc1cc(CC(Cc2cc(C)nn2C)(C(=O)CCc2ccc3occc3c2)C(=O)CCc2ccc3ccoc3c2)n(C)n1. The number of aryl methyl sites for hydroxylation is 6. The van der Waals surface area contributed by atoms with Crippen molar-refractivity contribution in [1.29, 1.82) is 0 Å². The first-order valence-corrected chi connectivity index (χ1v) is 14.7. The van der Waals surface area contributed by atoms with Crippen molar-refractivity contribution in [2.75, 3.05) is 0 Å². The molecule has 43 heavy (non-hydrogen) atoms. The number of ketones is 2. The number of benzene rings is 2. The van der Waals surface area contributed by atoms with Crippen molar-refractivity contribution in [2.45, 2.75) is 52.4 Å². The minimum absolute atomic E-state index is 0.0658. The van der Waals surface area contributed by atoms with Crippen molar-refractivity contribution in [1.82, 2.24) is 19.6 Å². The van der Waals surface area contributed by atoms with Crippen LogP contribution in [0.3, 0.4) is 0 Å². The van der Waals surface area contributed by atoms with Crippen molar-refractivity contribution in [3.63, 3.8) is 0 Å². The fraction of sp³-hybridized carbons (Fsp3) is 0.314. The highest BCUT2D eigenvalue weighted by molar-refractivity contribution is 6.07. The molecule has 0 bridgehead atoms. The Labute approximate surface area is 250 Å². The number of Topliss-reactive ketones (excluding diaryl/α,β-unsaturated/α-hetero) is 2. The van der Waals surface area contributed by atoms with Gasteiger partial charge >= 0.3 is 0 Å². The predicted molar refractivity (Wildman–Crippen MR) is 165 cm³/mol. The number of carbonyl (C=O) groups excluding carboxylic acids is 2. The van der Waals surface area contributed by atoms with Gasteiger partial charge in [0.05, 0.1) is 29.3 Å². The fourth-order valence-corrected chi connectivity index (χ4v) is 6.21. The molecule has 0 saturated heterocycles. The first-order chi connectivity index (χ1) is 20.7. The van der Waals surface area contributed by atoms with E-state index in [-0.39, 0.29) is 37.2 Å². The average molecular weight is 577 g/mol. The highest BCUT2D eigenvalue weighted by atomic mass is 16.3. The van der Waals surface area contributed by atoms with Crippen LogP contribution in [0.25, 0.3) is 21.9 Å². The summed E-state index contributed by atoms with van der Waals surface area (Å²) in [6, 6.07) is 19.8. The molecule has 0 unspecified atom stereocenters. The van der Waals surface area contributed by atoms with Gasteiger partial charge in [0, 0.05) is 61.9 Å². The molecule has 0 aliphatic heterocycles. The third kappa shape index (κ3) is 5.82. The lowest BCUT2D eigenvalue weighted by atomic mass is 9.69. The smallest absolute Gasteiger partial charge is 0.147 e. The minimum atomic E-state index is -1.28. The van der Waals surface area contributed by atoms with E-state index >= 15 is 0 Å². The van der Waals surface area contributed by atoms with Crippen molar-refractivity contribution < 1.29 is 18.4 Å². The number of hydrogen-bond donors (Lipinski definition) is 0. The van der Waals surface area contributed by atoms with Gasteiger partial charge in [-0.25, -0.2) is 0 Å². The third-order valence-corrected chi connectivity index (χ3v) is 8.55. The molecule has 0 saturated carbocycles. The van der Waals surface area contributed by atoms with Gasteiger partial charge in [0.15, 0.2) is 0 Å². The second-order valence-electron chi connectivity index (χ2n) is 11.7. The molecular formula is C35H36N4O4. The molecule has 0 aliphatic carbocycles. The van der Waals surface area contributed by atoms with E-state index in [9.17, 15) is 9.59 Å². The highest BCUT2D eigenvalue weighted by Crippen LogP contribution is 2.35. The van der Waals surface area contributed by atoms with Gasteiger partial charge in [-0.2, -0.15) is 10.2 Å². The van der Waals surface area contributed by atoms with Crippen LogP contribution >= 0.6 is 0 Å². The van der Waals surface area contributed by atoms with E-state index in [1.165, 1.54) is 0 Å². The first-order valence-electron chi connectivity index (χ1n) is 14.7. The fourth-order valence-electron chi connectivity index (χ4n) is 6.21. The van der Waals surface area contributed by atoms with Gasteiger partial charge < -0.3 is 8.83 Å². The Bertz CT molecular complexity index is 1800. The van der Waals surface area contributed by atoms with Crippen LogP contribution in [0, 0.1) is 19.3 Å². The van der Waals surface area contributed by atoms with E-state index in [1.54, 1.807) is 21.9 Å². The average Bonchev–Trinajstić information content (AvgIpc) is 3.77. The Morgan fingerprint density at radius 1 is 0.674 bits per heavy atom. The zero-order chi connectivity index (χ0) is 30.1. The Balaban J connectivity index is 1.35. The third-order valence-electron chi connectivity index (χ3n) is 8.55. The summed E-state index contributed by atoms with van der Waals surface area (Å²) in [7, 11) is 3.74. The summed E-state index contributed by atoms with van der Waals surface area (Å²) in [5.74, 6) is -0.135. The van der Waals surface area contributed by atoms with Gasteiger partial charge in [0.1, 0.15) is 22.7 Å². The van der Waals surface area contributed by atoms with E-state index < -0.39 is 5.41 Å². The van der Waals surface area contributed by atoms with E-state index in [1.807, 2.05) is 82.5 Å². The number of hydrogen-bond acceptors (Lipinski definition) is 6. The van der Waals surface area contributed by atoms with Gasteiger partial charge in [-0.15, -0.1) is 0 Å². The van der Waals surface area contributed by atoms with Crippen molar-refractivity contribution in [3.05, 3.63) is 107 Å².